The molecule has 11 heteroatoms. The molecule has 0 radical (unpaired) electrons. The van der Waals surface area contributed by atoms with Crippen molar-refractivity contribution in [3.05, 3.63) is 18.1 Å². The van der Waals surface area contributed by atoms with Crippen LogP contribution in [-0.4, -0.2) is 66.5 Å². The van der Waals surface area contributed by atoms with E-state index >= 15 is 0 Å². The van der Waals surface area contributed by atoms with Crippen molar-refractivity contribution in [1.82, 2.24) is 14.5 Å². The van der Waals surface area contributed by atoms with Crippen LogP contribution in [0.2, 0.25) is 0 Å². The van der Waals surface area contributed by atoms with E-state index in [2.05, 4.69) is 20.6 Å². The van der Waals surface area contributed by atoms with Crippen LogP contribution in [-0.2, 0) is 9.57 Å². The summed E-state index contributed by atoms with van der Waals surface area (Å²) in [6, 6.07) is 0. The Morgan fingerprint density at radius 2 is 2.31 bits per heavy atom. The molecule has 4 N–H and O–H groups in total. The summed E-state index contributed by atoms with van der Waals surface area (Å²) in [5.41, 5.74) is 3.64. The molecular weight excluding hydrogens is 366 g/mol. The van der Waals surface area contributed by atoms with E-state index in [4.69, 9.17) is 26.4 Å². The lowest BCUT2D eigenvalue weighted by Crippen LogP contribution is -2.39. The molecule has 1 aliphatic heterocycles. The maximum absolute atomic E-state index is 10.3. The molecule has 0 aliphatic carbocycles. The number of aliphatic hydroxyl groups is 2. The van der Waals surface area contributed by atoms with Gasteiger partial charge in [-0.25, -0.2) is 15.4 Å². The van der Waals surface area contributed by atoms with Gasteiger partial charge < -0.3 is 24.7 Å². The first-order valence-electron chi connectivity index (χ1n) is 7.99. The zero-order chi connectivity index (χ0) is 18.9. The zero-order valence-electron chi connectivity index (χ0n) is 14.2. The minimum Gasteiger partial charge on any atom is -0.411 e. The van der Waals surface area contributed by atoms with Crippen LogP contribution in [0.4, 0.5) is 5.82 Å². The normalized spacial score (nSPS) is 29.0. The van der Waals surface area contributed by atoms with E-state index in [1.54, 1.807) is 17.7 Å². The molecule has 2 unspecified atom stereocenters. The lowest BCUT2D eigenvalue weighted by molar-refractivity contribution is -0.0439. The highest BCUT2D eigenvalue weighted by Gasteiger charge is 2.53. The molecule has 3 heterocycles. The summed E-state index contributed by atoms with van der Waals surface area (Å²) < 4.78 is 7.36. The van der Waals surface area contributed by atoms with Gasteiger partial charge in [0.15, 0.2) is 12.0 Å². The Labute approximate surface area is 154 Å². The van der Waals surface area contributed by atoms with Gasteiger partial charge in [0.2, 0.25) is 0 Å². The second-order valence-electron chi connectivity index (χ2n) is 6.00. The molecule has 10 nitrogen and oxygen atoms in total. The molecule has 0 aromatic carbocycles. The standard InChI is InChI=1S/C15H20ClN5O5/c1-3-25-20-12-10-8(4-19-24)5-21(13(10)18-7-17-12)14-15(2,16)11(23)9(6-22)26-14/h4-5,7,9,11,14,22-24H,3,6H2,1-2H3,(H,17,18,20)/t9?,11?,14-,15-/m1/s1. The van der Waals surface area contributed by atoms with Crippen LogP contribution in [0.5, 0.6) is 0 Å². The SMILES string of the molecule is CCONc1ncnc2c1c(C=NO)cn2[C@@H]1OC(CO)C(O)[C@@]1(C)Cl. The van der Waals surface area contributed by atoms with Crippen molar-refractivity contribution in [3.8, 4) is 0 Å². The Kier molecular flexibility index (Phi) is 5.30. The largest absolute Gasteiger partial charge is 0.411 e. The second kappa shape index (κ2) is 7.33. The van der Waals surface area contributed by atoms with Gasteiger partial charge in [-0.3, -0.25) is 4.84 Å². The minimum atomic E-state index is -1.22. The fourth-order valence-electron chi connectivity index (χ4n) is 3.03. The van der Waals surface area contributed by atoms with Crippen LogP contribution < -0.4 is 5.48 Å². The number of hydrogen-bond acceptors (Lipinski definition) is 9. The Hall–Kier alpha value is -1.98. The molecule has 4 atom stereocenters. The average molecular weight is 386 g/mol. The first-order chi connectivity index (χ1) is 12.5. The van der Waals surface area contributed by atoms with Crippen LogP contribution in [0.25, 0.3) is 11.0 Å². The van der Waals surface area contributed by atoms with Crippen LogP contribution in [0, 0.1) is 0 Å². The second-order valence-corrected chi connectivity index (χ2v) is 6.81. The average Bonchev–Trinajstić information content (AvgIpc) is 3.09. The molecular formula is C15H20ClN5O5. The maximum Gasteiger partial charge on any atom is 0.163 e. The molecule has 0 bridgehead atoms. The van der Waals surface area contributed by atoms with Gasteiger partial charge in [0.1, 0.15) is 29.1 Å². The molecule has 2 aromatic heterocycles. The van der Waals surface area contributed by atoms with Crippen molar-refractivity contribution >= 4 is 34.7 Å². The Morgan fingerprint density at radius 3 is 2.92 bits per heavy atom. The summed E-state index contributed by atoms with van der Waals surface area (Å²) in [6.07, 6.45) is 1.43. The van der Waals surface area contributed by atoms with Crippen LogP contribution in [0.15, 0.2) is 17.7 Å². The van der Waals surface area contributed by atoms with E-state index in [-0.39, 0.29) is 6.61 Å². The number of halogens is 1. The van der Waals surface area contributed by atoms with Crippen LogP contribution >= 0.6 is 11.6 Å². The summed E-state index contributed by atoms with van der Waals surface area (Å²) in [7, 11) is 0. The Bertz CT molecular complexity index is 811. The van der Waals surface area contributed by atoms with E-state index in [1.165, 1.54) is 12.5 Å². The van der Waals surface area contributed by atoms with Gasteiger partial charge >= 0.3 is 0 Å². The molecule has 0 spiro atoms. The van der Waals surface area contributed by atoms with Gasteiger partial charge in [0.05, 0.1) is 24.8 Å². The molecule has 1 saturated heterocycles. The highest BCUT2D eigenvalue weighted by atomic mass is 35.5. The van der Waals surface area contributed by atoms with Gasteiger partial charge in [0.25, 0.3) is 0 Å². The third-order valence-electron chi connectivity index (χ3n) is 4.30. The number of aromatic nitrogens is 3. The summed E-state index contributed by atoms with van der Waals surface area (Å²) in [6.45, 7) is 3.46. The summed E-state index contributed by atoms with van der Waals surface area (Å²) in [5.74, 6) is 0.374. The minimum absolute atomic E-state index is 0.374. The number of oxime groups is 1. The number of alkyl halides is 1. The topological polar surface area (TPSA) is 134 Å². The molecule has 1 fully saturated rings. The number of rotatable bonds is 6. The number of anilines is 1. The summed E-state index contributed by atoms with van der Waals surface area (Å²) >= 11 is 6.53. The van der Waals surface area contributed by atoms with Gasteiger partial charge in [-0.1, -0.05) is 5.16 Å². The lowest BCUT2D eigenvalue weighted by atomic mass is 10.0. The first-order valence-corrected chi connectivity index (χ1v) is 8.37. The van der Waals surface area contributed by atoms with E-state index < -0.39 is 23.3 Å². The number of hydrogen-bond donors (Lipinski definition) is 4. The van der Waals surface area contributed by atoms with E-state index in [0.717, 1.165) is 0 Å². The maximum atomic E-state index is 10.3. The predicted molar refractivity (Wildman–Crippen MR) is 93.4 cm³/mol. The monoisotopic (exact) mass is 385 g/mol. The van der Waals surface area contributed by atoms with Crippen LogP contribution in [0.3, 0.4) is 0 Å². The number of ether oxygens (including phenoxy) is 1. The van der Waals surface area contributed by atoms with Gasteiger partial charge in [0, 0.05) is 11.8 Å². The molecule has 142 valence electrons. The van der Waals surface area contributed by atoms with Crippen molar-refractivity contribution in [2.75, 3.05) is 18.7 Å². The number of fused-ring (bicyclic) bond motifs is 1. The fourth-order valence-corrected chi connectivity index (χ4v) is 3.33. The lowest BCUT2D eigenvalue weighted by Gasteiger charge is -2.26. The third kappa shape index (κ3) is 2.99. The summed E-state index contributed by atoms with van der Waals surface area (Å²) in [4.78, 5) is 12.4. The van der Waals surface area contributed by atoms with Crippen molar-refractivity contribution in [1.29, 1.82) is 0 Å². The van der Waals surface area contributed by atoms with Crippen molar-refractivity contribution in [2.45, 2.75) is 37.2 Å². The quantitative estimate of drug-likeness (QED) is 0.249. The number of aliphatic hydroxyl groups excluding tert-OH is 2. The molecule has 1 aliphatic rings. The first kappa shape index (κ1) is 18.8. The molecule has 3 rings (SSSR count). The van der Waals surface area contributed by atoms with Crippen molar-refractivity contribution in [2.24, 2.45) is 5.16 Å². The molecule has 2 aromatic rings. The van der Waals surface area contributed by atoms with Gasteiger partial charge in [-0.05, 0) is 13.8 Å². The van der Waals surface area contributed by atoms with Crippen LogP contribution in [0.1, 0.15) is 25.6 Å². The van der Waals surface area contributed by atoms with Crippen molar-refractivity contribution < 1.29 is 25.0 Å². The van der Waals surface area contributed by atoms with Crippen molar-refractivity contribution in [3.63, 3.8) is 0 Å². The fraction of sp³-hybridized carbons (Fsp3) is 0.533. The molecule has 0 amide bonds. The smallest absolute Gasteiger partial charge is 0.163 e. The number of nitrogens with one attached hydrogen (secondary N) is 1. The van der Waals surface area contributed by atoms with E-state index in [0.29, 0.717) is 29.0 Å². The predicted octanol–water partition coefficient (Wildman–Crippen LogP) is 0.851. The molecule has 26 heavy (non-hydrogen) atoms. The third-order valence-corrected chi connectivity index (χ3v) is 4.71. The Morgan fingerprint density at radius 1 is 1.54 bits per heavy atom. The molecule has 0 saturated carbocycles. The van der Waals surface area contributed by atoms with E-state index in [9.17, 15) is 10.2 Å². The van der Waals surface area contributed by atoms with E-state index in [1.807, 2.05) is 6.92 Å². The summed E-state index contributed by atoms with van der Waals surface area (Å²) in [5, 5.41) is 32.3. The number of nitrogens with zero attached hydrogens (tertiary/aromatic N) is 4. The highest BCUT2D eigenvalue weighted by molar-refractivity contribution is 6.24. The van der Waals surface area contributed by atoms with Gasteiger partial charge in [-0.2, -0.15) is 0 Å². The zero-order valence-corrected chi connectivity index (χ0v) is 15.0. The van der Waals surface area contributed by atoms with Gasteiger partial charge in [-0.15, -0.1) is 11.6 Å². The highest BCUT2D eigenvalue weighted by Crippen LogP contribution is 2.45. The Balaban J connectivity index is 2.15.